The van der Waals surface area contributed by atoms with Crippen LogP contribution in [0, 0.1) is 5.92 Å². The van der Waals surface area contributed by atoms with Gasteiger partial charge in [-0.25, -0.2) is 4.79 Å². The number of ether oxygens (including phenoxy) is 1. The van der Waals surface area contributed by atoms with Crippen LogP contribution in [0.4, 0.5) is 0 Å². The van der Waals surface area contributed by atoms with Gasteiger partial charge in [0.2, 0.25) is 0 Å². The van der Waals surface area contributed by atoms with Crippen molar-refractivity contribution in [1.82, 2.24) is 0 Å². The van der Waals surface area contributed by atoms with E-state index in [1.165, 1.54) is 0 Å². The fraction of sp³-hybridized carbons (Fsp3) is 0.462. The van der Waals surface area contributed by atoms with Crippen LogP contribution >= 0.6 is 0 Å². The lowest BCUT2D eigenvalue weighted by Crippen LogP contribution is -2.26. The highest BCUT2D eigenvalue weighted by Crippen LogP contribution is 2.05. The Morgan fingerprint density at radius 3 is 2.50 bits per heavy atom. The van der Waals surface area contributed by atoms with E-state index in [4.69, 9.17) is 4.74 Å². The smallest absolute Gasteiger partial charge is 0.335 e. The maximum absolute atomic E-state index is 11.4. The van der Waals surface area contributed by atoms with Crippen molar-refractivity contribution in [2.75, 3.05) is 6.61 Å². The van der Waals surface area contributed by atoms with Crippen LogP contribution in [0.25, 0.3) is 0 Å². The number of hydrogen-bond donors (Lipinski definition) is 1. The predicted octanol–water partition coefficient (Wildman–Crippen LogP) is 1.79. The Hall–Kier alpha value is -1.35. The molecule has 1 aromatic carbocycles. The SMILES string of the molecule is CC(C)COC(=O)[C@@H](O)Cc1ccccc1. The third kappa shape index (κ3) is 4.45. The summed E-state index contributed by atoms with van der Waals surface area (Å²) in [6, 6.07) is 9.40. The number of carbonyl (C=O) groups excluding carboxylic acids is 1. The summed E-state index contributed by atoms with van der Waals surface area (Å²) >= 11 is 0. The van der Waals surface area contributed by atoms with Crippen molar-refractivity contribution in [1.29, 1.82) is 0 Å². The van der Waals surface area contributed by atoms with Crippen LogP contribution in [0.5, 0.6) is 0 Å². The molecule has 1 aromatic rings. The van der Waals surface area contributed by atoms with Crippen molar-refractivity contribution in [3.05, 3.63) is 35.9 Å². The first-order valence-corrected chi connectivity index (χ1v) is 5.48. The van der Waals surface area contributed by atoms with Crippen LogP contribution in [-0.2, 0) is 16.0 Å². The average Bonchev–Trinajstić information content (AvgIpc) is 2.27. The van der Waals surface area contributed by atoms with Crippen LogP contribution in [-0.4, -0.2) is 23.8 Å². The Balaban J connectivity index is 2.40. The van der Waals surface area contributed by atoms with Gasteiger partial charge in [-0.2, -0.15) is 0 Å². The second-order valence-electron chi connectivity index (χ2n) is 4.23. The number of carbonyl (C=O) groups is 1. The largest absolute Gasteiger partial charge is 0.463 e. The molecule has 0 saturated carbocycles. The summed E-state index contributed by atoms with van der Waals surface area (Å²) in [5, 5.41) is 9.61. The van der Waals surface area contributed by atoms with E-state index in [1.807, 2.05) is 44.2 Å². The topological polar surface area (TPSA) is 46.5 Å². The maximum Gasteiger partial charge on any atom is 0.335 e. The van der Waals surface area contributed by atoms with Crippen molar-refractivity contribution in [2.45, 2.75) is 26.4 Å². The minimum Gasteiger partial charge on any atom is -0.463 e. The maximum atomic E-state index is 11.4. The molecular formula is C13H18O3. The van der Waals surface area contributed by atoms with E-state index in [0.29, 0.717) is 13.0 Å². The number of hydrogen-bond acceptors (Lipinski definition) is 3. The minimum atomic E-state index is -1.07. The summed E-state index contributed by atoms with van der Waals surface area (Å²) in [5.41, 5.74) is 0.927. The van der Waals surface area contributed by atoms with Gasteiger partial charge in [-0.05, 0) is 11.5 Å². The summed E-state index contributed by atoms with van der Waals surface area (Å²) in [5.74, 6) is -0.259. The van der Waals surface area contributed by atoms with E-state index in [9.17, 15) is 9.90 Å². The number of benzene rings is 1. The lowest BCUT2D eigenvalue weighted by Gasteiger charge is -2.12. The van der Waals surface area contributed by atoms with Gasteiger partial charge in [-0.1, -0.05) is 44.2 Å². The fourth-order valence-corrected chi connectivity index (χ4v) is 1.27. The van der Waals surface area contributed by atoms with Gasteiger partial charge >= 0.3 is 5.97 Å². The molecule has 0 spiro atoms. The van der Waals surface area contributed by atoms with Gasteiger partial charge in [0, 0.05) is 6.42 Å². The number of esters is 1. The molecule has 0 saturated heterocycles. The van der Waals surface area contributed by atoms with Gasteiger partial charge in [0.15, 0.2) is 6.10 Å². The van der Waals surface area contributed by atoms with E-state index in [2.05, 4.69) is 0 Å². The van der Waals surface area contributed by atoms with Crippen LogP contribution in [0.15, 0.2) is 30.3 Å². The molecule has 3 heteroatoms. The lowest BCUT2D eigenvalue weighted by molar-refractivity contribution is -0.154. The molecular weight excluding hydrogens is 204 g/mol. The lowest BCUT2D eigenvalue weighted by atomic mass is 10.1. The van der Waals surface area contributed by atoms with E-state index in [-0.39, 0.29) is 5.92 Å². The molecule has 0 amide bonds. The Labute approximate surface area is 96.1 Å². The third-order valence-electron chi connectivity index (χ3n) is 2.10. The van der Waals surface area contributed by atoms with Gasteiger partial charge in [-0.3, -0.25) is 0 Å². The highest BCUT2D eigenvalue weighted by atomic mass is 16.5. The van der Waals surface area contributed by atoms with Crippen molar-refractivity contribution >= 4 is 5.97 Å². The molecule has 0 aliphatic rings. The summed E-state index contributed by atoms with van der Waals surface area (Å²) in [6.07, 6.45) is -0.765. The van der Waals surface area contributed by atoms with Crippen LogP contribution in [0.1, 0.15) is 19.4 Å². The van der Waals surface area contributed by atoms with Gasteiger partial charge < -0.3 is 9.84 Å². The summed E-state index contributed by atoms with van der Waals surface area (Å²) in [4.78, 5) is 11.4. The second kappa shape index (κ2) is 6.28. The Morgan fingerprint density at radius 1 is 1.31 bits per heavy atom. The van der Waals surface area contributed by atoms with Gasteiger partial charge in [0.05, 0.1) is 6.61 Å². The number of rotatable bonds is 5. The fourth-order valence-electron chi connectivity index (χ4n) is 1.27. The zero-order valence-electron chi connectivity index (χ0n) is 9.72. The zero-order valence-corrected chi connectivity index (χ0v) is 9.72. The zero-order chi connectivity index (χ0) is 12.0. The van der Waals surface area contributed by atoms with Crippen molar-refractivity contribution in [3.63, 3.8) is 0 Å². The minimum absolute atomic E-state index is 0.285. The van der Waals surface area contributed by atoms with Gasteiger partial charge in [-0.15, -0.1) is 0 Å². The number of aliphatic hydroxyl groups is 1. The molecule has 0 heterocycles. The summed E-state index contributed by atoms with van der Waals surface area (Å²) in [6.45, 7) is 4.26. The Morgan fingerprint density at radius 2 is 1.94 bits per heavy atom. The van der Waals surface area contributed by atoms with Crippen molar-refractivity contribution in [2.24, 2.45) is 5.92 Å². The van der Waals surface area contributed by atoms with Crippen molar-refractivity contribution < 1.29 is 14.6 Å². The molecule has 1 atom stereocenters. The van der Waals surface area contributed by atoms with Gasteiger partial charge in [0.25, 0.3) is 0 Å². The molecule has 0 radical (unpaired) electrons. The van der Waals surface area contributed by atoms with E-state index >= 15 is 0 Å². The molecule has 0 unspecified atom stereocenters. The molecule has 88 valence electrons. The predicted molar refractivity (Wildman–Crippen MR) is 61.9 cm³/mol. The van der Waals surface area contributed by atoms with Crippen LogP contribution < -0.4 is 0 Å². The molecule has 16 heavy (non-hydrogen) atoms. The Kier molecular flexibility index (Phi) is 4.99. The molecule has 1 rings (SSSR count). The summed E-state index contributed by atoms with van der Waals surface area (Å²) < 4.78 is 4.95. The van der Waals surface area contributed by atoms with Crippen LogP contribution in [0.3, 0.4) is 0 Å². The van der Waals surface area contributed by atoms with Crippen molar-refractivity contribution in [3.8, 4) is 0 Å². The molecule has 0 aliphatic carbocycles. The second-order valence-corrected chi connectivity index (χ2v) is 4.23. The highest BCUT2D eigenvalue weighted by Gasteiger charge is 2.17. The molecule has 0 fully saturated rings. The molecule has 1 N–H and O–H groups in total. The standard InChI is InChI=1S/C13H18O3/c1-10(2)9-16-13(15)12(14)8-11-6-4-3-5-7-11/h3-7,10,12,14H,8-9H2,1-2H3/t12-/m0/s1. The Bertz CT molecular complexity index is 319. The highest BCUT2D eigenvalue weighted by molar-refractivity contribution is 5.74. The number of aliphatic hydroxyl groups excluding tert-OH is 1. The van der Waals surface area contributed by atoms with E-state index < -0.39 is 12.1 Å². The average molecular weight is 222 g/mol. The normalized spacial score (nSPS) is 12.5. The molecule has 0 aromatic heterocycles. The monoisotopic (exact) mass is 222 g/mol. The molecule has 0 aliphatic heterocycles. The first-order chi connectivity index (χ1) is 7.59. The van der Waals surface area contributed by atoms with Crippen LogP contribution in [0.2, 0.25) is 0 Å². The molecule has 3 nitrogen and oxygen atoms in total. The summed E-state index contributed by atoms with van der Waals surface area (Å²) in [7, 11) is 0. The quantitative estimate of drug-likeness (QED) is 0.773. The third-order valence-corrected chi connectivity index (χ3v) is 2.10. The first kappa shape index (κ1) is 12.7. The van der Waals surface area contributed by atoms with E-state index in [1.54, 1.807) is 0 Å². The van der Waals surface area contributed by atoms with Gasteiger partial charge in [0.1, 0.15) is 0 Å². The molecule has 0 bridgehead atoms. The first-order valence-electron chi connectivity index (χ1n) is 5.48. The van der Waals surface area contributed by atoms with E-state index in [0.717, 1.165) is 5.56 Å².